The molecular weight excluding hydrogens is 252 g/mol. The van der Waals surface area contributed by atoms with Crippen molar-refractivity contribution in [3.05, 3.63) is 42.5 Å². The third-order valence-electron chi connectivity index (χ3n) is 3.75. The minimum Gasteiger partial charge on any atom is -0.256 e. The lowest BCUT2D eigenvalue weighted by molar-refractivity contribution is -0.636. The second-order valence-electron chi connectivity index (χ2n) is 4.82. The van der Waals surface area contributed by atoms with E-state index in [9.17, 15) is 0 Å². The molecule has 0 aromatic carbocycles. The number of hydrogen-bond acceptors (Lipinski definition) is 3. The van der Waals surface area contributed by atoms with E-state index in [0.717, 1.165) is 5.56 Å². The van der Waals surface area contributed by atoms with Crippen molar-refractivity contribution in [3.8, 4) is 11.5 Å². The van der Waals surface area contributed by atoms with Crippen LogP contribution in [-0.4, -0.2) is 23.9 Å². The van der Waals surface area contributed by atoms with Crippen LogP contribution in [-0.2, 0) is 13.5 Å². The lowest BCUT2D eigenvalue weighted by atomic mass is 10.2. The first kappa shape index (κ1) is 7.74. The molecule has 4 aromatic rings. The first-order chi connectivity index (χ1) is 11.1. The van der Waals surface area contributed by atoms with E-state index < -0.39 is 6.98 Å². The molecule has 0 amide bonds. The van der Waals surface area contributed by atoms with Gasteiger partial charge in [-0.1, -0.05) is 6.07 Å². The Morgan fingerprint density at radius 1 is 1.40 bits per heavy atom. The highest BCUT2D eigenvalue weighted by atomic mass is 15.3. The van der Waals surface area contributed by atoms with E-state index in [4.69, 9.17) is 4.11 Å². The lowest BCUT2D eigenvalue weighted by Gasteiger charge is -1.96. The Morgan fingerprint density at radius 2 is 2.40 bits per heavy atom. The zero-order chi connectivity index (χ0) is 15.8. The average Bonchev–Trinajstić information content (AvgIpc) is 3.13. The van der Waals surface area contributed by atoms with Crippen LogP contribution in [0.3, 0.4) is 0 Å². The number of rotatable bonds is 0. The largest absolute Gasteiger partial charge is 0.295 e. The summed E-state index contributed by atoms with van der Waals surface area (Å²) in [6, 6.07) is 3.82. The van der Waals surface area contributed by atoms with Crippen LogP contribution < -0.4 is 4.57 Å². The predicted molar refractivity (Wildman–Crippen MR) is 72.0 cm³/mol. The molecular formula is C14H11N6+. The molecule has 0 spiro atoms. The molecule has 6 heteroatoms. The topological polar surface area (TPSA) is 51.9 Å². The molecule has 1 aliphatic rings. The summed E-state index contributed by atoms with van der Waals surface area (Å²) in [4.78, 5) is 13.0. The first-order valence-electron chi connectivity index (χ1n) is 7.77. The Balaban J connectivity index is 2.01. The third kappa shape index (κ3) is 1.01. The minimum atomic E-state index is -2.34. The van der Waals surface area contributed by atoms with E-state index >= 15 is 0 Å². The van der Waals surface area contributed by atoms with Gasteiger partial charge in [-0.3, -0.25) is 4.98 Å². The van der Waals surface area contributed by atoms with Crippen molar-refractivity contribution in [3.63, 3.8) is 0 Å². The molecule has 0 bridgehead atoms. The van der Waals surface area contributed by atoms with E-state index in [1.165, 1.54) is 4.57 Å². The fourth-order valence-corrected chi connectivity index (χ4v) is 2.91. The quantitative estimate of drug-likeness (QED) is 0.392. The van der Waals surface area contributed by atoms with Crippen LogP contribution in [0.15, 0.2) is 36.9 Å². The highest BCUT2D eigenvalue weighted by Gasteiger charge is 2.34. The Morgan fingerprint density at radius 3 is 3.35 bits per heavy atom. The van der Waals surface area contributed by atoms with Crippen molar-refractivity contribution in [2.75, 3.05) is 0 Å². The second-order valence-corrected chi connectivity index (χ2v) is 4.82. The maximum absolute atomic E-state index is 7.99. The number of aryl methyl sites for hydroxylation is 1. The second kappa shape index (κ2) is 3.22. The molecule has 0 unspecified atom stereocenters. The molecule has 0 saturated carbocycles. The lowest BCUT2D eigenvalue weighted by Crippen LogP contribution is -2.30. The smallest absolute Gasteiger partial charge is 0.256 e. The maximum atomic E-state index is 7.99. The van der Waals surface area contributed by atoms with Gasteiger partial charge in [-0.15, -0.1) is 0 Å². The van der Waals surface area contributed by atoms with Crippen LogP contribution >= 0.6 is 0 Å². The number of nitrogens with zero attached hydrogens (tertiary/aromatic N) is 6. The summed E-state index contributed by atoms with van der Waals surface area (Å²) in [5, 5.41) is 0. The van der Waals surface area contributed by atoms with Gasteiger partial charge in [-0.25, -0.2) is 18.5 Å². The molecule has 1 aliphatic heterocycles. The van der Waals surface area contributed by atoms with Crippen LogP contribution in [0.1, 0.15) is 9.68 Å². The molecule has 5 heterocycles. The van der Waals surface area contributed by atoms with Gasteiger partial charge < -0.3 is 0 Å². The minimum absolute atomic E-state index is 0.536. The summed E-state index contributed by atoms with van der Waals surface area (Å²) in [5.41, 5.74) is 3.48. The van der Waals surface area contributed by atoms with Gasteiger partial charge in [-0.05, 0) is 6.07 Å². The van der Waals surface area contributed by atoms with Crippen LogP contribution in [0.25, 0.3) is 28.5 Å². The van der Waals surface area contributed by atoms with E-state index in [2.05, 4.69) is 15.0 Å². The summed E-state index contributed by atoms with van der Waals surface area (Å²) in [7, 11) is 0. The molecule has 0 fully saturated rings. The van der Waals surface area contributed by atoms with Crippen LogP contribution in [0.2, 0.25) is 0 Å². The van der Waals surface area contributed by atoms with Gasteiger partial charge in [0, 0.05) is 11.8 Å². The zero-order valence-corrected chi connectivity index (χ0v) is 10.4. The molecule has 0 N–H and O–H groups in total. The summed E-state index contributed by atoms with van der Waals surface area (Å²) < 4.78 is 29.0. The molecule has 5 rings (SSSR count). The summed E-state index contributed by atoms with van der Waals surface area (Å²) in [5.74, 6) is 0.573. The Hall–Kier alpha value is -2.76. The molecule has 6 nitrogen and oxygen atoms in total. The first-order valence-corrected chi connectivity index (χ1v) is 6.27. The van der Waals surface area contributed by atoms with Gasteiger partial charge in [0.25, 0.3) is 17.1 Å². The van der Waals surface area contributed by atoms with Gasteiger partial charge in [0.1, 0.15) is 5.69 Å². The van der Waals surface area contributed by atoms with Gasteiger partial charge in [-0.2, -0.15) is 4.98 Å². The number of fused-ring (bicyclic) bond motifs is 7. The van der Waals surface area contributed by atoms with E-state index in [0.29, 0.717) is 35.0 Å². The van der Waals surface area contributed by atoms with Crippen molar-refractivity contribution in [2.45, 2.75) is 6.54 Å². The molecule has 96 valence electrons. The summed E-state index contributed by atoms with van der Waals surface area (Å²) >= 11 is 0. The number of imidazole rings is 2. The van der Waals surface area contributed by atoms with Crippen LogP contribution in [0.5, 0.6) is 0 Å². The van der Waals surface area contributed by atoms with Crippen LogP contribution in [0.4, 0.5) is 0 Å². The number of hydrogen-bond donors (Lipinski definition) is 0. The predicted octanol–water partition coefficient (Wildman–Crippen LogP) is 0.932. The molecule has 20 heavy (non-hydrogen) atoms. The van der Waals surface area contributed by atoms with E-state index in [1.807, 2.05) is 16.7 Å². The summed E-state index contributed by atoms with van der Waals surface area (Å²) in [6.45, 7) is -1.77. The zero-order valence-electron chi connectivity index (χ0n) is 13.4. The highest BCUT2D eigenvalue weighted by molar-refractivity contribution is 5.76. The van der Waals surface area contributed by atoms with E-state index in [1.54, 1.807) is 29.2 Å². The molecule has 0 aliphatic carbocycles. The van der Waals surface area contributed by atoms with Crippen LogP contribution in [0, 0.1) is 0 Å². The van der Waals surface area contributed by atoms with Crippen molar-refractivity contribution in [1.82, 2.24) is 23.9 Å². The Labute approximate surface area is 118 Å². The standard InChI is InChI=1S/C14H11N6/c1-18-13-11-9(3-2-4-16-11)8-20(13)12-14(18)19-6-5-15-7-10(19)17-12/h2-7H,8H2,1H3/q+1/i1D3. The fourth-order valence-electron chi connectivity index (χ4n) is 2.91. The maximum Gasteiger partial charge on any atom is 0.295 e. The highest BCUT2D eigenvalue weighted by Crippen LogP contribution is 2.31. The summed E-state index contributed by atoms with van der Waals surface area (Å²) in [6.07, 6.45) is 6.64. The number of aromatic nitrogens is 6. The molecule has 4 aromatic heterocycles. The van der Waals surface area contributed by atoms with Gasteiger partial charge in [0.2, 0.25) is 5.65 Å². The number of pyridine rings is 1. The Kier molecular flexibility index (Phi) is 1.24. The average molecular weight is 266 g/mol. The molecule has 0 radical (unpaired) electrons. The monoisotopic (exact) mass is 266 g/mol. The van der Waals surface area contributed by atoms with Gasteiger partial charge >= 0.3 is 0 Å². The van der Waals surface area contributed by atoms with Gasteiger partial charge in [0.15, 0.2) is 0 Å². The SMILES string of the molecule is [2H]C([2H])([2H])[n+]1c2n(c3nc4cnccn4c31)Cc1cccnc1-2. The van der Waals surface area contributed by atoms with Crippen molar-refractivity contribution < 1.29 is 8.68 Å². The third-order valence-corrected chi connectivity index (χ3v) is 3.75. The molecule has 0 saturated heterocycles. The van der Waals surface area contributed by atoms with Crippen molar-refractivity contribution >= 4 is 16.9 Å². The van der Waals surface area contributed by atoms with E-state index in [-0.39, 0.29) is 0 Å². The normalized spacial score (nSPS) is 15.9. The fraction of sp³-hybridized carbons (Fsp3) is 0.143. The molecule has 0 atom stereocenters. The Bertz CT molecular complexity index is 1090. The van der Waals surface area contributed by atoms with Gasteiger partial charge in [0.05, 0.1) is 36.2 Å². The van der Waals surface area contributed by atoms with Crippen molar-refractivity contribution in [2.24, 2.45) is 6.98 Å². The van der Waals surface area contributed by atoms with Crippen molar-refractivity contribution in [1.29, 1.82) is 0 Å².